The molecule has 0 amide bonds. The molecule has 1 aliphatic rings. The Hall–Kier alpha value is -2.64. The van der Waals surface area contributed by atoms with Crippen LogP contribution in [0.25, 0.3) is 22.7 Å². The Bertz CT molecular complexity index is 972. The van der Waals surface area contributed by atoms with Crippen molar-refractivity contribution in [3.8, 4) is 11.5 Å². The average Bonchev–Trinajstić information content (AvgIpc) is 3.13. The number of rotatable bonds is 1. The predicted molar refractivity (Wildman–Crippen MR) is 74.8 cm³/mol. The topological polar surface area (TPSA) is 60.9 Å². The Morgan fingerprint density at radius 2 is 1.96 bits per heavy atom. The van der Waals surface area contributed by atoms with Crippen LogP contribution in [-0.2, 0) is 19.1 Å². The summed E-state index contributed by atoms with van der Waals surface area (Å²) in [6.45, 7) is 0.540. The van der Waals surface area contributed by atoms with E-state index in [0.717, 1.165) is 12.5 Å². The van der Waals surface area contributed by atoms with Crippen molar-refractivity contribution in [3.05, 3.63) is 46.0 Å². The molecule has 0 bridgehead atoms. The molecule has 2 aromatic heterocycles. The quantitative estimate of drug-likeness (QED) is 0.691. The fraction of sp³-hybridized carbons (Fsp3) is 0.267. The molecule has 0 unspecified atom stereocenters. The SMILES string of the molecule is O=c1c2nc(-c3ccccc3C(F)(F)F)oc2nc2n1CCC2. The number of oxazole rings is 1. The average molecular weight is 321 g/mol. The Morgan fingerprint density at radius 3 is 2.74 bits per heavy atom. The highest BCUT2D eigenvalue weighted by atomic mass is 19.4. The van der Waals surface area contributed by atoms with Gasteiger partial charge in [-0.3, -0.25) is 9.36 Å². The lowest BCUT2D eigenvalue weighted by molar-refractivity contribution is -0.137. The standard InChI is InChI=1S/C15H10F3N3O2/c16-15(17,18)9-5-2-1-4-8(9)12-20-11-13(23-12)19-10-6-3-7-21(10)14(11)22/h1-2,4-5H,3,6-7H2. The summed E-state index contributed by atoms with van der Waals surface area (Å²) in [5, 5.41) is 0. The van der Waals surface area contributed by atoms with Crippen LogP contribution in [0.15, 0.2) is 33.5 Å². The number of halogens is 3. The van der Waals surface area contributed by atoms with E-state index in [0.29, 0.717) is 18.8 Å². The Morgan fingerprint density at radius 1 is 1.17 bits per heavy atom. The molecule has 3 heterocycles. The Labute approximate surface area is 127 Å². The molecule has 8 heteroatoms. The normalized spacial score (nSPS) is 14.4. The van der Waals surface area contributed by atoms with E-state index in [1.165, 1.54) is 22.8 Å². The van der Waals surface area contributed by atoms with Crippen LogP contribution in [0.5, 0.6) is 0 Å². The van der Waals surface area contributed by atoms with E-state index in [-0.39, 0.29) is 28.2 Å². The Balaban J connectivity index is 1.96. The van der Waals surface area contributed by atoms with Crippen LogP contribution in [0.4, 0.5) is 13.2 Å². The van der Waals surface area contributed by atoms with Gasteiger partial charge in [-0.1, -0.05) is 12.1 Å². The van der Waals surface area contributed by atoms with Gasteiger partial charge in [0.1, 0.15) is 5.82 Å². The maximum Gasteiger partial charge on any atom is 0.417 e. The smallest absolute Gasteiger partial charge is 0.417 e. The molecular formula is C15H10F3N3O2. The number of benzene rings is 1. The van der Waals surface area contributed by atoms with Gasteiger partial charge >= 0.3 is 6.18 Å². The molecule has 1 aromatic carbocycles. The predicted octanol–water partition coefficient (Wildman–Crippen LogP) is 3.02. The molecule has 3 aromatic rings. The van der Waals surface area contributed by atoms with Gasteiger partial charge in [0, 0.05) is 18.5 Å². The van der Waals surface area contributed by atoms with Gasteiger partial charge in [0.2, 0.25) is 5.89 Å². The number of nitrogens with zero attached hydrogens (tertiary/aromatic N) is 3. The van der Waals surface area contributed by atoms with Gasteiger partial charge in [0.15, 0.2) is 5.52 Å². The Kier molecular flexibility index (Phi) is 2.84. The van der Waals surface area contributed by atoms with Crippen molar-refractivity contribution in [2.45, 2.75) is 25.6 Å². The summed E-state index contributed by atoms with van der Waals surface area (Å²) >= 11 is 0. The van der Waals surface area contributed by atoms with E-state index >= 15 is 0 Å². The highest BCUT2D eigenvalue weighted by Gasteiger charge is 2.35. The van der Waals surface area contributed by atoms with E-state index in [9.17, 15) is 18.0 Å². The monoisotopic (exact) mass is 321 g/mol. The van der Waals surface area contributed by atoms with Crippen LogP contribution in [0.3, 0.4) is 0 Å². The van der Waals surface area contributed by atoms with Gasteiger partial charge in [-0.2, -0.15) is 18.2 Å². The number of aryl methyl sites for hydroxylation is 1. The third-order valence-electron chi connectivity index (χ3n) is 3.84. The van der Waals surface area contributed by atoms with Gasteiger partial charge in [0.05, 0.1) is 5.56 Å². The molecule has 0 fully saturated rings. The maximum absolute atomic E-state index is 13.1. The lowest BCUT2D eigenvalue weighted by Crippen LogP contribution is -2.20. The molecule has 118 valence electrons. The van der Waals surface area contributed by atoms with Gasteiger partial charge in [-0.25, -0.2) is 4.98 Å². The minimum absolute atomic E-state index is 0.0184. The van der Waals surface area contributed by atoms with E-state index < -0.39 is 11.7 Å². The van der Waals surface area contributed by atoms with E-state index in [1.807, 2.05) is 0 Å². The lowest BCUT2D eigenvalue weighted by atomic mass is 10.1. The molecule has 1 aliphatic heterocycles. The van der Waals surface area contributed by atoms with Crippen LogP contribution >= 0.6 is 0 Å². The summed E-state index contributed by atoms with van der Waals surface area (Å²) in [6.07, 6.45) is -3.10. The number of hydrogen-bond donors (Lipinski definition) is 0. The fourth-order valence-corrected chi connectivity index (χ4v) is 2.80. The first-order valence-corrected chi connectivity index (χ1v) is 7.02. The number of aromatic nitrogens is 3. The van der Waals surface area contributed by atoms with Crippen molar-refractivity contribution in [3.63, 3.8) is 0 Å². The zero-order valence-corrected chi connectivity index (χ0v) is 11.7. The number of hydrogen-bond acceptors (Lipinski definition) is 4. The van der Waals surface area contributed by atoms with Crippen LogP contribution < -0.4 is 5.56 Å². The second kappa shape index (κ2) is 4.68. The molecular weight excluding hydrogens is 311 g/mol. The second-order valence-corrected chi connectivity index (χ2v) is 5.30. The van der Waals surface area contributed by atoms with E-state index in [4.69, 9.17) is 4.42 Å². The van der Waals surface area contributed by atoms with Crippen molar-refractivity contribution in [1.29, 1.82) is 0 Å². The third-order valence-corrected chi connectivity index (χ3v) is 3.84. The van der Waals surface area contributed by atoms with E-state index in [1.54, 1.807) is 0 Å². The van der Waals surface area contributed by atoms with Gasteiger partial charge in [0.25, 0.3) is 11.3 Å². The molecule has 0 radical (unpaired) electrons. The minimum Gasteiger partial charge on any atom is -0.417 e. The summed E-state index contributed by atoms with van der Waals surface area (Å²) in [5.41, 5.74) is -1.50. The second-order valence-electron chi connectivity index (χ2n) is 5.30. The van der Waals surface area contributed by atoms with Crippen molar-refractivity contribution in [2.75, 3.05) is 0 Å². The highest BCUT2D eigenvalue weighted by Crippen LogP contribution is 2.37. The summed E-state index contributed by atoms with van der Waals surface area (Å²) in [6, 6.07) is 4.96. The summed E-state index contributed by atoms with van der Waals surface area (Å²) in [7, 11) is 0. The van der Waals surface area contributed by atoms with Gasteiger partial charge in [-0.05, 0) is 18.6 Å². The van der Waals surface area contributed by atoms with Crippen molar-refractivity contribution >= 4 is 11.2 Å². The molecule has 0 atom stereocenters. The van der Waals surface area contributed by atoms with Crippen LogP contribution in [0.1, 0.15) is 17.8 Å². The largest absolute Gasteiger partial charge is 0.417 e. The first-order valence-electron chi connectivity index (χ1n) is 7.02. The van der Waals surface area contributed by atoms with Gasteiger partial charge in [-0.15, -0.1) is 0 Å². The van der Waals surface area contributed by atoms with Crippen molar-refractivity contribution in [2.24, 2.45) is 0 Å². The lowest BCUT2D eigenvalue weighted by Gasteiger charge is -2.09. The highest BCUT2D eigenvalue weighted by molar-refractivity contribution is 5.73. The molecule has 5 nitrogen and oxygen atoms in total. The molecule has 4 rings (SSSR count). The van der Waals surface area contributed by atoms with Crippen LogP contribution in [-0.4, -0.2) is 14.5 Å². The minimum atomic E-state index is -4.54. The summed E-state index contributed by atoms with van der Waals surface area (Å²) in [5.74, 6) is 0.330. The number of fused-ring (bicyclic) bond motifs is 2. The zero-order valence-electron chi connectivity index (χ0n) is 11.7. The third kappa shape index (κ3) is 2.13. The zero-order chi connectivity index (χ0) is 16.2. The first-order chi connectivity index (χ1) is 10.9. The molecule has 0 aliphatic carbocycles. The molecule has 0 saturated heterocycles. The van der Waals surface area contributed by atoms with Crippen LogP contribution in [0, 0.1) is 0 Å². The van der Waals surface area contributed by atoms with Crippen molar-refractivity contribution in [1.82, 2.24) is 14.5 Å². The van der Waals surface area contributed by atoms with Crippen LogP contribution in [0.2, 0.25) is 0 Å². The molecule has 0 saturated carbocycles. The molecule has 0 N–H and O–H groups in total. The molecule has 0 spiro atoms. The first kappa shape index (κ1) is 14.0. The van der Waals surface area contributed by atoms with E-state index in [2.05, 4.69) is 9.97 Å². The maximum atomic E-state index is 13.1. The number of alkyl halides is 3. The summed E-state index contributed by atoms with van der Waals surface area (Å²) in [4.78, 5) is 20.5. The molecule has 23 heavy (non-hydrogen) atoms. The fourth-order valence-electron chi connectivity index (χ4n) is 2.80. The summed E-state index contributed by atoms with van der Waals surface area (Å²) < 4.78 is 46.2. The van der Waals surface area contributed by atoms with Crippen molar-refractivity contribution < 1.29 is 17.6 Å². The van der Waals surface area contributed by atoms with Gasteiger partial charge < -0.3 is 4.42 Å².